The minimum Gasteiger partial charge on any atom is -0.446 e. The van der Waals surface area contributed by atoms with Crippen molar-refractivity contribution < 1.29 is 17.9 Å². The zero-order valence-corrected chi connectivity index (χ0v) is 9.90. The van der Waals surface area contributed by atoms with Crippen molar-refractivity contribution in [3.05, 3.63) is 17.9 Å². The first-order chi connectivity index (χ1) is 7.55. The molecule has 16 heavy (non-hydrogen) atoms. The first-order valence-electron chi connectivity index (χ1n) is 5.27. The van der Waals surface area contributed by atoms with E-state index in [-0.39, 0.29) is 23.5 Å². The molecule has 1 unspecified atom stereocenters. The number of aliphatic hydroxyl groups excluding tert-OH is 1. The highest BCUT2D eigenvalue weighted by Crippen LogP contribution is 2.26. The highest BCUT2D eigenvalue weighted by molar-refractivity contribution is 7.89. The summed E-state index contributed by atoms with van der Waals surface area (Å²) in [4.78, 5) is 0. The minimum atomic E-state index is -3.52. The lowest BCUT2D eigenvalue weighted by molar-refractivity contribution is 0.235. The zero-order valence-electron chi connectivity index (χ0n) is 9.09. The van der Waals surface area contributed by atoms with E-state index in [2.05, 4.69) is 0 Å². The molecule has 0 radical (unpaired) electrons. The van der Waals surface area contributed by atoms with Crippen LogP contribution >= 0.6 is 0 Å². The molecule has 5 nitrogen and oxygen atoms in total. The second kappa shape index (κ2) is 4.20. The van der Waals surface area contributed by atoms with Crippen LogP contribution < -0.4 is 0 Å². The SMILES string of the molecule is CC1CCCN1S(=O)(=O)c1ccc(CO)o1. The molecule has 1 atom stereocenters. The van der Waals surface area contributed by atoms with Gasteiger partial charge in [0.15, 0.2) is 0 Å². The van der Waals surface area contributed by atoms with Gasteiger partial charge in [-0.05, 0) is 31.9 Å². The number of aliphatic hydroxyl groups is 1. The predicted molar refractivity (Wildman–Crippen MR) is 57.2 cm³/mol. The molecule has 0 saturated carbocycles. The lowest BCUT2D eigenvalue weighted by atomic mass is 10.3. The van der Waals surface area contributed by atoms with E-state index in [1.807, 2.05) is 6.92 Å². The molecule has 0 aromatic carbocycles. The standard InChI is InChI=1S/C10H15NO4S/c1-8-3-2-6-11(8)16(13,14)10-5-4-9(7-12)15-10/h4-5,8,12H,2-3,6-7H2,1H3. The molecule has 1 aromatic heterocycles. The number of sulfonamides is 1. The Morgan fingerprint density at radius 1 is 1.56 bits per heavy atom. The Morgan fingerprint density at radius 3 is 2.81 bits per heavy atom. The van der Waals surface area contributed by atoms with E-state index in [9.17, 15) is 8.42 Å². The third-order valence-corrected chi connectivity index (χ3v) is 4.74. The molecule has 1 fully saturated rings. The predicted octanol–water partition coefficient (Wildman–Crippen LogP) is 0.945. The molecule has 0 bridgehead atoms. The van der Waals surface area contributed by atoms with Crippen LogP contribution in [0.5, 0.6) is 0 Å². The third kappa shape index (κ3) is 1.88. The van der Waals surface area contributed by atoms with Crippen LogP contribution in [-0.2, 0) is 16.6 Å². The summed E-state index contributed by atoms with van der Waals surface area (Å²) in [5.74, 6) is 0.269. The van der Waals surface area contributed by atoms with Gasteiger partial charge in [-0.2, -0.15) is 4.31 Å². The van der Waals surface area contributed by atoms with Crippen LogP contribution in [0.25, 0.3) is 0 Å². The van der Waals surface area contributed by atoms with Crippen molar-refractivity contribution in [3.8, 4) is 0 Å². The molecular weight excluding hydrogens is 230 g/mol. The van der Waals surface area contributed by atoms with Crippen molar-refractivity contribution in [1.82, 2.24) is 4.31 Å². The smallest absolute Gasteiger partial charge is 0.276 e. The quantitative estimate of drug-likeness (QED) is 0.860. The molecule has 0 aliphatic carbocycles. The Kier molecular flexibility index (Phi) is 3.05. The second-order valence-corrected chi connectivity index (χ2v) is 5.81. The molecule has 0 spiro atoms. The van der Waals surface area contributed by atoms with Crippen LogP contribution in [0, 0.1) is 0 Å². The number of rotatable bonds is 3. The van der Waals surface area contributed by atoms with E-state index in [1.54, 1.807) is 0 Å². The zero-order chi connectivity index (χ0) is 11.8. The number of hydrogen-bond acceptors (Lipinski definition) is 4. The molecule has 2 heterocycles. The van der Waals surface area contributed by atoms with E-state index < -0.39 is 10.0 Å². The van der Waals surface area contributed by atoms with Crippen LogP contribution in [0.3, 0.4) is 0 Å². The lowest BCUT2D eigenvalue weighted by Gasteiger charge is -2.18. The number of hydrogen-bond donors (Lipinski definition) is 1. The van der Waals surface area contributed by atoms with Crippen LogP contribution in [0.15, 0.2) is 21.6 Å². The fraction of sp³-hybridized carbons (Fsp3) is 0.600. The van der Waals surface area contributed by atoms with Crippen LogP contribution in [0.1, 0.15) is 25.5 Å². The Morgan fingerprint density at radius 2 is 2.31 bits per heavy atom. The van der Waals surface area contributed by atoms with Gasteiger partial charge in [-0.15, -0.1) is 0 Å². The van der Waals surface area contributed by atoms with Crippen molar-refractivity contribution in [3.63, 3.8) is 0 Å². The summed E-state index contributed by atoms with van der Waals surface area (Å²) in [6, 6.07) is 2.90. The third-order valence-electron chi connectivity index (χ3n) is 2.85. The summed E-state index contributed by atoms with van der Waals surface area (Å²) < 4.78 is 30.8. The molecule has 1 aromatic rings. The molecule has 2 rings (SSSR count). The molecule has 1 N–H and O–H groups in total. The van der Waals surface area contributed by atoms with Crippen molar-refractivity contribution >= 4 is 10.0 Å². The topological polar surface area (TPSA) is 70.8 Å². The Labute approximate surface area is 94.7 Å². The molecule has 0 amide bonds. The van der Waals surface area contributed by atoms with Crippen molar-refractivity contribution in [2.75, 3.05) is 6.54 Å². The maximum atomic E-state index is 12.1. The molecule has 6 heteroatoms. The van der Waals surface area contributed by atoms with Crippen molar-refractivity contribution in [1.29, 1.82) is 0 Å². The fourth-order valence-corrected chi connectivity index (χ4v) is 3.59. The normalized spacial score (nSPS) is 22.8. The van der Waals surface area contributed by atoms with Crippen LogP contribution in [0.4, 0.5) is 0 Å². The number of nitrogens with zero attached hydrogens (tertiary/aromatic N) is 1. The highest BCUT2D eigenvalue weighted by atomic mass is 32.2. The average molecular weight is 245 g/mol. The van der Waals surface area contributed by atoms with Gasteiger partial charge in [-0.1, -0.05) is 0 Å². The average Bonchev–Trinajstić information content (AvgIpc) is 2.85. The summed E-state index contributed by atoms with van der Waals surface area (Å²) in [5.41, 5.74) is 0. The van der Waals surface area contributed by atoms with Gasteiger partial charge in [0.2, 0.25) is 5.09 Å². The van der Waals surface area contributed by atoms with Gasteiger partial charge in [0.1, 0.15) is 12.4 Å². The van der Waals surface area contributed by atoms with Gasteiger partial charge >= 0.3 is 0 Å². The van der Waals surface area contributed by atoms with Crippen LogP contribution in [0.2, 0.25) is 0 Å². The summed E-state index contributed by atoms with van der Waals surface area (Å²) in [6.07, 6.45) is 1.76. The van der Waals surface area contributed by atoms with E-state index in [0.29, 0.717) is 6.54 Å². The van der Waals surface area contributed by atoms with Gasteiger partial charge < -0.3 is 9.52 Å². The van der Waals surface area contributed by atoms with Crippen molar-refractivity contribution in [2.45, 2.75) is 37.5 Å². The minimum absolute atomic E-state index is 0.0210. The Hall–Kier alpha value is -0.850. The number of furan rings is 1. The molecular formula is C10H15NO4S. The summed E-state index contributed by atoms with van der Waals surface area (Å²) >= 11 is 0. The maximum absolute atomic E-state index is 12.1. The monoisotopic (exact) mass is 245 g/mol. The molecule has 90 valence electrons. The van der Waals surface area contributed by atoms with E-state index in [4.69, 9.17) is 9.52 Å². The van der Waals surface area contributed by atoms with E-state index >= 15 is 0 Å². The molecule has 1 saturated heterocycles. The molecule has 1 aliphatic heterocycles. The summed E-state index contributed by atoms with van der Waals surface area (Å²) in [5, 5.41) is 8.75. The maximum Gasteiger partial charge on any atom is 0.276 e. The largest absolute Gasteiger partial charge is 0.446 e. The summed E-state index contributed by atoms with van der Waals surface area (Å²) in [7, 11) is -3.52. The van der Waals surface area contributed by atoms with Gasteiger partial charge in [0, 0.05) is 12.6 Å². The van der Waals surface area contributed by atoms with Gasteiger partial charge in [0.05, 0.1) is 0 Å². The van der Waals surface area contributed by atoms with Crippen LogP contribution in [-0.4, -0.2) is 30.4 Å². The van der Waals surface area contributed by atoms with Crippen molar-refractivity contribution in [2.24, 2.45) is 0 Å². The van der Waals surface area contributed by atoms with E-state index in [1.165, 1.54) is 16.4 Å². The first-order valence-corrected chi connectivity index (χ1v) is 6.71. The van der Waals surface area contributed by atoms with Gasteiger partial charge in [-0.3, -0.25) is 0 Å². The fourth-order valence-electron chi connectivity index (χ4n) is 1.96. The van der Waals surface area contributed by atoms with Gasteiger partial charge in [0.25, 0.3) is 10.0 Å². The Bertz CT molecular complexity index is 465. The first kappa shape index (κ1) is 11.6. The second-order valence-electron chi connectivity index (χ2n) is 3.99. The highest BCUT2D eigenvalue weighted by Gasteiger charge is 2.34. The van der Waals surface area contributed by atoms with Gasteiger partial charge in [-0.25, -0.2) is 8.42 Å². The Balaban J connectivity index is 2.31. The van der Waals surface area contributed by atoms with E-state index in [0.717, 1.165) is 12.8 Å². The molecule has 1 aliphatic rings. The lowest BCUT2D eigenvalue weighted by Crippen LogP contribution is -2.33. The summed E-state index contributed by atoms with van der Waals surface area (Å²) in [6.45, 7) is 2.14.